The van der Waals surface area contributed by atoms with E-state index in [1.165, 1.54) is 6.42 Å². The first-order valence-electron chi connectivity index (χ1n) is 2.78. The third kappa shape index (κ3) is 9.70. The van der Waals surface area contributed by atoms with Crippen LogP contribution in [0.3, 0.4) is 0 Å². The van der Waals surface area contributed by atoms with Gasteiger partial charge in [0.15, 0.2) is 17.4 Å². The molecule has 0 saturated carbocycles. The molecule has 0 saturated heterocycles. The highest BCUT2D eigenvalue weighted by Gasteiger charge is 1.78. The van der Waals surface area contributed by atoms with Gasteiger partial charge >= 0.3 is 0 Å². The molecule has 0 heterocycles. The molecule has 0 aromatic carbocycles. The molecule has 0 aliphatic rings. The minimum absolute atomic E-state index is 0. The van der Waals surface area contributed by atoms with Gasteiger partial charge in [0.25, 0.3) is 0 Å². The van der Waals surface area contributed by atoms with Crippen molar-refractivity contribution < 1.29 is 4.74 Å². The largest absolute Gasteiger partial charge is 0.381 e. The fraction of sp³-hybridized carbons (Fsp3) is 0.833. The molecule has 0 atom stereocenters. The van der Waals surface area contributed by atoms with Gasteiger partial charge in [0.1, 0.15) is 0 Å². The van der Waals surface area contributed by atoms with Crippen LogP contribution in [-0.2, 0) is 4.74 Å². The van der Waals surface area contributed by atoms with Gasteiger partial charge in [-0.2, -0.15) is 0 Å². The van der Waals surface area contributed by atoms with Crippen LogP contribution in [0.4, 0.5) is 0 Å². The van der Waals surface area contributed by atoms with Crippen molar-refractivity contribution in [1.82, 2.24) is 0 Å². The number of hydrogen-bond acceptors (Lipinski definition) is 1. The minimum atomic E-state index is 0. The summed E-state index contributed by atoms with van der Waals surface area (Å²) in [5.74, 6) is 0. The van der Waals surface area contributed by atoms with Gasteiger partial charge in [0.2, 0.25) is 0 Å². The lowest BCUT2D eigenvalue weighted by Crippen LogP contribution is -1.91. The van der Waals surface area contributed by atoms with Crippen molar-refractivity contribution in [3.05, 3.63) is 6.92 Å². The normalized spacial score (nSPS) is 8.25. The third-order valence-electron chi connectivity index (χ3n) is 0.787. The van der Waals surface area contributed by atoms with Crippen molar-refractivity contribution >= 4 is 17.4 Å². The summed E-state index contributed by atoms with van der Waals surface area (Å²) in [6.45, 7) is 7.17. The molecule has 0 aromatic rings. The Balaban J connectivity index is 0. The molecular weight excluding hydrogens is 115 g/mol. The quantitative estimate of drug-likeness (QED) is 0.397. The van der Waals surface area contributed by atoms with Gasteiger partial charge in [0.05, 0.1) is 0 Å². The lowest BCUT2D eigenvalue weighted by Gasteiger charge is -1.94. The summed E-state index contributed by atoms with van der Waals surface area (Å²) in [6.07, 6.45) is 2.37. The Morgan fingerprint density at radius 2 is 2.12 bits per heavy atom. The molecule has 0 unspecified atom stereocenters. The Kier molecular flexibility index (Phi) is 14.8. The average molecular weight is 131 g/mol. The number of rotatable bonds is 4. The van der Waals surface area contributed by atoms with Gasteiger partial charge in [-0.05, 0) is 13.3 Å². The van der Waals surface area contributed by atoms with Crippen LogP contribution in [0.5, 0.6) is 0 Å². The average Bonchev–Trinajstić information content (AvgIpc) is 1.69. The van der Waals surface area contributed by atoms with E-state index in [9.17, 15) is 0 Å². The number of hydrogen-bond donors (Lipinski definition) is 0. The Morgan fingerprint density at radius 1 is 1.50 bits per heavy atom. The maximum absolute atomic E-state index is 4.96. The topological polar surface area (TPSA) is 9.23 Å². The Morgan fingerprint density at radius 3 is 2.50 bits per heavy atom. The number of ether oxygens (including phenoxy) is 1. The van der Waals surface area contributed by atoms with Crippen LogP contribution in [0.1, 0.15) is 19.8 Å². The molecule has 0 aliphatic carbocycles. The van der Waals surface area contributed by atoms with Gasteiger partial charge in [-0.1, -0.05) is 13.3 Å². The first-order valence-corrected chi connectivity index (χ1v) is 2.78. The van der Waals surface area contributed by atoms with Gasteiger partial charge < -0.3 is 4.74 Å². The van der Waals surface area contributed by atoms with Crippen molar-refractivity contribution in [3.63, 3.8) is 0 Å². The van der Waals surface area contributed by atoms with Crippen LogP contribution in [-0.4, -0.2) is 30.6 Å². The summed E-state index contributed by atoms with van der Waals surface area (Å²) in [7, 11) is 0. The SMILES string of the molecule is [AlH3].[CH2]COCCCC. The zero-order valence-corrected chi connectivity index (χ0v) is 4.94. The summed E-state index contributed by atoms with van der Waals surface area (Å²) in [6, 6.07) is 0. The predicted octanol–water partition coefficient (Wildman–Crippen LogP) is 0.453. The molecule has 0 aromatic heterocycles. The fourth-order valence-corrected chi connectivity index (χ4v) is 0.348. The summed E-state index contributed by atoms with van der Waals surface area (Å²) in [4.78, 5) is 0. The van der Waals surface area contributed by atoms with E-state index in [1.807, 2.05) is 0 Å². The van der Waals surface area contributed by atoms with Crippen LogP contribution in [0.15, 0.2) is 0 Å². The van der Waals surface area contributed by atoms with Crippen molar-refractivity contribution in [2.24, 2.45) is 0 Å². The van der Waals surface area contributed by atoms with Crippen molar-refractivity contribution in [3.8, 4) is 0 Å². The zero-order valence-electron chi connectivity index (χ0n) is 4.94. The molecule has 0 aliphatic heterocycles. The predicted molar refractivity (Wildman–Crippen MR) is 41.0 cm³/mol. The van der Waals surface area contributed by atoms with E-state index in [1.54, 1.807) is 0 Å². The standard InChI is InChI=1S/C6H13O.Al.3H/c1-3-5-6-7-4-2;;;;/h2-6H2,1H3;;;;. The van der Waals surface area contributed by atoms with E-state index >= 15 is 0 Å². The first-order chi connectivity index (χ1) is 3.41. The van der Waals surface area contributed by atoms with Crippen molar-refractivity contribution in [2.75, 3.05) is 13.2 Å². The van der Waals surface area contributed by atoms with Crippen LogP contribution >= 0.6 is 0 Å². The molecule has 0 fully saturated rings. The second-order valence-corrected chi connectivity index (χ2v) is 1.47. The first kappa shape index (κ1) is 11.3. The highest BCUT2D eigenvalue weighted by atomic mass is 27.0. The second kappa shape index (κ2) is 10.5. The van der Waals surface area contributed by atoms with Gasteiger partial charge in [0, 0.05) is 13.2 Å². The van der Waals surface area contributed by atoms with Gasteiger partial charge in [-0.25, -0.2) is 0 Å². The summed E-state index contributed by atoms with van der Waals surface area (Å²) >= 11 is 0. The molecular formula is C6H16AlO. The van der Waals surface area contributed by atoms with Gasteiger partial charge in [-0.3, -0.25) is 0 Å². The lowest BCUT2D eigenvalue weighted by atomic mass is 10.4. The number of unbranched alkanes of at least 4 members (excludes halogenated alkanes) is 1. The van der Waals surface area contributed by atoms with E-state index in [0.29, 0.717) is 6.61 Å². The second-order valence-electron chi connectivity index (χ2n) is 1.47. The lowest BCUT2D eigenvalue weighted by molar-refractivity contribution is 0.157. The molecule has 0 bridgehead atoms. The van der Waals surface area contributed by atoms with E-state index in [4.69, 9.17) is 4.74 Å². The van der Waals surface area contributed by atoms with E-state index in [2.05, 4.69) is 13.8 Å². The summed E-state index contributed by atoms with van der Waals surface area (Å²) < 4.78 is 4.96. The summed E-state index contributed by atoms with van der Waals surface area (Å²) in [5.41, 5.74) is 0. The van der Waals surface area contributed by atoms with Crippen molar-refractivity contribution in [1.29, 1.82) is 0 Å². The van der Waals surface area contributed by atoms with Crippen LogP contribution in [0.2, 0.25) is 0 Å². The van der Waals surface area contributed by atoms with Crippen LogP contribution < -0.4 is 0 Å². The Bertz CT molecular complexity index is 27.7. The molecule has 0 N–H and O–H groups in total. The molecule has 49 valence electrons. The molecule has 8 heavy (non-hydrogen) atoms. The van der Waals surface area contributed by atoms with Crippen LogP contribution in [0, 0.1) is 6.92 Å². The maximum Gasteiger partial charge on any atom is 0.187 e. The van der Waals surface area contributed by atoms with Crippen molar-refractivity contribution in [2.45, 2.75) is 19.8 Å². The van der Waals surface area contributed by atoms with Gasteiger partial charge in [-0.15, -0.1) is 0 Å². The molecule has 2 heteroatoms. The highest BCUT2D eigenvalue weighted by Crippen LogP contribution is 1.85. The Hall–Kier alpha value is 0.492. The van der Waals surface area contributed by atoms with Crippen LogP contribution in [0.25, 0.3) is 0 Å². The van der Waals surface area contributed by atoms with E-state index in [0.717, 1.165) is 13.0 Å². The zero-order chi connectivity index (χ0) is 5.54. The van der Waals surface area contributed by atoms with E-state index < -0.39 is 0 Å². The maximum atomic E-state index is 4.96. The Labute approximate surface area is 62.6 Å². The highest BCUT2D eigenvalue weighted by molar-refractivity contribution is 5.75. The third-order valence-corrected chi connectivity index (χ3v) is 0.787. The monoisotopic (exact) mass is 131 g/mol. The smallest absolute Gasteiger partial charge is 0.187 e. The molecule has 0 amide bonds. The molecule has 1 radical (unpaired) electrons. The fourth-order valence-electron chi connectivity index (χ4n) is 0.348. The van der Waals surface area contributed by atoms with E-state index in [-0.39, 0.29) is 17.4 Å². The molecule has 0 rings (SSSR count). The summed E-state index contributed by atoms with van der Waals surface area (Å²) in [5, 5.41) is 0. The minimum Gasteiger partial charge on any atom is -0.381 e. The molecule has 0 spiro atoms. The molecule has 1 nitrogen and oxygen atoms in total.